The van der Waals surface area contributed by atoms with Crippen LogP contribution >= 0.6 is 0 Å². The van der Waals surface area contributed by atoms with Crippen molar-refractivity contribution in [1.29, 1.82) is 0 Å². The second kappa shape index (κ2) is 4.87. The molecular formula is C15H17N3O3. The molecule has 0 saturated heterocycles. The van der Waals surface area contributed by atoms with E-state index >= 15 is 0 Å². The molecule has 2 aromatic rings. The van der Waals surface area contributed by atoms with Crippen LogP contribution in [-0.4, -0.2) is 26.9 Å². The van der Waals surface area contributed by atoms with Gasteiger partial charge in [0.2, 0.25) is 0 Å². The third-order valence-electron chi connectivity index (χ3n) is 3.81. The van der Waals surface area contributed by atoms with E-state index in [1.165, 1.54) is 10.9 Å². The van der Waals surface area contributed by atoms with Crippen LogP contribution in [-0.2, 0) is 20.0 Å². The van der Waals surface area contributed by atoms with E-state index in [1.807, 2.05) is 19.9 Å². The predicted octanol–water partition coefficient (Wildman–Crippen LogP) is 1.19. The molecule has 6 heteroatoms. The van der Waals surface area contributed by atoms with Crippen LogP contribution in [0, 0.1) is 13.8 Å². The number of aryl methyl sites for hydroxylation is 3. The van der Waals surface area contributed by atoms with Crippen molar-refractivity contribution in [2.45, 2.75) is 26.8 Å². The first-order chi connectivity index (χ1) is 9.97. The Hall–Kier alpha value is -2.37. The van der Waals surface area contributed by atoms with Gasteiger partial charge in [0.15, 0.2) is 5.76 Å². The molecule has 1 aliphatic rings. The van der Waals surface area contributed by atoms with Gasteiger partial charge in [0, 0.05) is 24.7 Å². The zero-order valence-electron chi connectivity index (χ0n) is 12.3. The standard InChI is InChI=1S/C15H17N3O3/c1-9-6-10(2)21-13(9)15(20)18-5-4-11-12(7-18)16-8-17(3)14(11)19/h6,8H,4-5,7H2,1-3H3. The quantitative estimate of drug-likeness (QED) is 0.790. The molecule has 0 radical (unpaired) electrons. The van der Waals surface area contributed by atoms with Crippen LogP contribution in [0.5, 0.6) is 0 Å². The lowest BCUT2D eigenvalue weighted by Gasteiger charge is -2.27. The Labute approximate surface area is 122 Å². The van der Waals surface area contributed by atoms with Gasteiger partial charge >= 0.3 is 0 Å². The molecule has 0 spiro atoms. The van der Waals surface area contributed by atoms with E-state index in [1.54, 1.807) is 11.9 Å². The number of carbonyl (C=O) groups is 1. The van der Waals surface area contributed by atoms with Crippen LogP contribution in [0.4, 0.5) is 0 Å². The van der Waals surface area contributed by atoms with Gasteiger partial charge in [0.1, 0.15) is 5.76 Å². The average Bonchev–Trinajstić information content (AvgIpc) is 2.80. The Morgan fingerprint density at radius 3 is 2.81 bits per heavy atom. The fourth-order valence-corrected chi connectivity index (χ4v) is 2.69. The summed E-state index contributed by atoms with van der Waals surface area (Å²) in [5.41, 5.74) is 2.19. The number of hydrogen-bond acceptors (Lipinski definition) is 4. The fraction of sp³-hybridized carbons (Fsp3) is 0.400. The van der Waals surface area contributed by atoms with Gasteiger partial charge in [-0.1, -0.05) is 0 Å². The monoisotopic (exact) mass is 287 g/mol. The van der Waals surface area contributed by atoms with Gasteiger partial charge in [-0.3, -0.25) is 9.59 Å². The van der Waals surface area contributed by atoms with E-state index in [0.717, 1.165) is 11.3 Å². The van der Waals surface area contributed by atoms with E-state index < -0.39 is 0 Å². The van der Waals surface area contributed by atoms with Crippen molar-refractivity contribution in [2.75, 3.05) is 6.54 Å². The lowest BCUT2D eigenvalue weighted by Crippen LogP contribution is -2.40. The highest BCUT2D eigenvalue weighted by atomic mass is 16.4. The zero-order valence-corrected chi connectivity index (χ0v) is 12.3. The summed E-state index contributed by atoms with van der Waals surface area (Å²) in [7, 11) is 1.68. The second-order valence-corrected chi connectivity index (χ2v) is 5.43. The van der Waals surface area contributed by atoms with Crippen molar-refractivity contribution < 1.29 is 9.21 Å². The third-order valence-corrected chi connectivity index (χ3v) is 3.81. The van der Waals surface area contributed by atoms with Gasteiger partial charge in [-0.05, 0) is 26.3 Å². The van der Waals surface area contributed by atoms with Crippen molar-refractivity contribution in [2.24, 2.45) is 7.05 Å². The Kier molecular flexibility index (Phi) is 3.16. The molecule has 0 N–H and O–H groups in total. The first-order valence-electron chi connectivity index (χ1n) is 6.87. The molecule has 0 aliphatic carbocycles. The van der Waals surface area contributed by atoms with Crippen LogP contribution in [0.3, 0.4) is 0 Å². The largest absolute Gasteiger partial charge is 0.456 e. The van der Waals surface area contributed by atoms with E-state index in [9.17, 15) is 9.59 Å². The molecule has 3 rings (SSSR count). The van der Waals surface area contributed by atoms with Crippen LogP contribution in [0.25, 0.3) is 0 Å². The summed E-state index contributed by atoms with van der Waals surface area (Å²) in [6.45, 7) is 4.53. The number of carbonyl (C=O) groups excluding carboxylic acids is 1. The Bertz CT molecular complexity index is 773. The molecule has 0 fully saturated rings. The molecule has 3 heterocycles. The van der Waals surface area contributed by atoms with Crippen LogP contribution in [0.15, 0.2) is 21.6 Å². The first kappa shape index (κ1) is 13.6. The minimum atomic E-state index is -0.145. The van der Waals surface area contributed by atoms with E-state index in [4.69, 9.17) is 4.42 Å². The number of nitrogens with zero attached hydrogens (tertiary/aromatic N) is 3. The normalized spacial score (nSPS) is 14.1. The van der Waals surface area contributed by atoms with Crippen molar-refractivity contribution >= 4 is 5.91 Å². The Morgan fingerprint density at radius 1 is 1.38 bits per heavy atom. The molecule has 6 nitrogen and oxygen atoms in total. The number of amides is 1. The molecule has 0 aromatic carbocycles. The maximum absolute atomic E-state index is 12.5. The highest BCUT2D eigenvalue weighted by Crippen LogP contribution is 2.20. The number of furan rings is 1. The Balaban J connectivity index is 1.90. The topological polar surface area (TPSA) is 68.3 Å². The predicted molar refractivity (Wildman–Crippen MR) is 76.1 cm³/mol. The number of hydrogen-bond donors (Lipinski definition) is 0. The number of rotatable bonds is 1. The molecule has 0 unspecified atom stereocenters. The first-order valence-corrected chi connectivity index (χ1v) is 6.87. The average molecular weight is 287 g/mol. The smallest absolute Gasteiger partial charge is 0.290 e. The SMILES string of the molecule is Cc1cc(C)c(C(=O)N2CCc3c(ncn(C)c3=O)C2)o1. The summed E-state index contributed by atoms with van der Waals surface area (Å²) in [5.74, 6) is 0.953. The van der Waals surface area contributed by atoms with Crippen molar-refractivity contribution in [3.63, 3.8) is 0 Å². The van der Waals surface area contributed by atoms with E-state index in [2.05, 4.69) is 4.98 Å². The van der Waals surface area contributed by atoms with Crippen LogP contribution < -0.4 is 5.56 Å². The van der Waals surface area contributed by atoms with Gasteiger partial charge in [-0.15, -0.1) is 0 Å². The molecule has 21 heavy (non-hydrogen) atoms. The summed E-state index contributed by atoms with van der Waals surface area (Å²) in [5, 5.41) is 0. The second-order valence-electron chi connectivity index (χ2n) is 5.43. The molecule has 0 saturated carbocycles. The summed E-state index contributed by atoms with van der Waals surface area (Å²) in [6, 6.07) is 1.85. The van der Waals surface area contributed by atoms with Crippen molar-refractivity contribution in [3.05, 3.63) is 51.1 Å². The Morgan fingerprint density at radius 2 is 2.14 bits per heavy atom. The molecule has 110 valence electrons. The zero-order chi connectivity index (χ0) is 15.1. The van der Waals surface area contributed by atoms with E-state index in [-0.39, 0.29) is 11.5 Å². The van der Waals surface area contributed by atoms with Crippen molar-refractivity contribution in [3.8, 4) is 0 Å². The third kappa shape index (κ3) is 2.26. The maximum Gasteiger partial charge on any atom is 0.290 e. The minimum absolute atomic E-state index is 0.0304. The van der Waals surface area contributed by atoms with Crippen molar-refractivity contribution in [1.82, 2.24) is 14.5 Å². The molecule has 1 aliphatic heterocycles. The summed E-state index contributed by atoms with van der Waals surface area (Å²) in [4.78, 5) is 30.5. The summed E-state index contributed by atoms with van der Waals surface area (Å²) < 4.78 is 6.95. The van der Waals surface area contributed by atoms with Gasteiger partial charge in [0.25, 0.3) is 11.5 Å². The molecule has 0 bridgehead atoms. The summed E-state index contributed by atoms with van der Waals surface area (Å²) >= 11 is 0. The van der Waals surface area contributed by atoms with Gasteiger partial charge < -0.3 is 13.9 Å². The fourth-order valence-electron chi connectivity index (χ4n) is 2.69. The van der Waals surface area contributed by atoms with Gasteiger partial charge in [-0.2, -0.15) is 0 Å². The van der Waals surface area contributed by atoms with Crippen LogP contribution in [0.1, 0.15) is 33.1 Å². The molecule has 1 amide bonds. The highest BCUT2D eigenvalue weighted by molar-refractivity contribution is 5.93. The van der Waals surface area contributed by atoms with Gasteiger partial charge in [0.05, 0.1) is 18.6 Å². The lowest BCUT2D eigenvalue weighted by atomic mass is 10.1. The highest BCUT2D eigenvalue weighted by Gasteiger charge is 2.27. The maximum atomic E-state index is 12.5. The van der Waals surface area contributed by atoms with Crippen LogP contribution in [0.2, 0.25) is 0 Å². The number of aromatic nitrogens is 2. The molecule has 2 aromatic heterocycles. The van der Waals surface area contributed by atoms with E-state index in [0.29, 0.717) is 36.5 Å². The minimum Gasteiger partial charge on any atom is -0.456 e. The molecular weight excluding hydrogens is 270 g/mol. The number of fused-ring (bicyclic) bond motifs is 1. The summed E-state index contributed by atoms with van der Waals surface area (Å²) in [6.07, 6.45) is 2.03. The molecule has 0 atom stereocenters. The lowest BCUT2D eigenvalue weighted by molar-refractivity contribution is 0.0696. The van der Waals surface area contributed by atoms with Gasteiger partial charge in [-0.25, -0.2) is 4.98 Å².